The molecule has 0 aromatic heterocycles. The number of benzene rings is 1. The predicted molar refractivity (Wildman–Crippen MR) is 135 cm³/mol. The van der Waals surface area contributed by atoms with Crippen LogP contribution >= 0.6 is 11.6 Å². The van der Waals surface area contributed by atoms with E-state index in [1.165, 1.54) is 0 Å². The van der Waals surface area contributed by atoms with Crippen molar-refractivity contribution in [2.24, 2.45) is 10.9 Å². The Morgan fingerprint density at radius 3 is 2.32 bits per heavy atom. The Morgan fingerprint density at radius 2 is 1.82 bits per heavy atom. The van der Waals surface area contributed by atoms with Gasteiger partial charge in [-0.05, 0) is 56.9 Å². The molecule has 8 nitrogen and oxygen atoms in total. The fourth-order valence-corrected chi connectivity index (χ4v) is 3.05. The summed E-state index contributed by atoms with van der Waals surface area (Å²) in [5.74, 6) is -0.319. The van der Waals surface area contributed by atoms with Gasteiger partial charge in [-0.1, -0.05) is 38.1 Å². The normalized spacial score (nSPS) is 22.9. The van der Waals surface area contributed by atoms with Gasteiger partial charge in [-0.3, -0.25) is 9.79 Å². The van der Waals surface area contributed by atoms with Gasteiger partial charge in [-0.25, -0.2) is 0 Å². The number of ether oxygens (including phenoxy) is 2. The second-order valence-corrected chi connectivity index (χ2v) is 8.14. The van der Waals surface area contributed by atoms with E-state index >= 15 is 0 Å². The molecule has 1 aliphatic carbocycles. The van der Waals surface area contributed by atoms with Gasteiger partial charge in [0.1, 0.15) is 18.8 Å². The maximum absolute atomic E-state index is 11.2. The molecule has 2 aliphatic rings. The van der Waals surface area contributed by atoms with Crippen LogP contribution in [0.1, 0.15) is 58.1 Å². The molecule has 194 valence electrons. The standard InChI is InChI=1S/C12H14ClN.C10H16O6.C2H6.CH4O/c1-5-10-6-11(13)9(4)12(7-10)14-8(2)3;11-6-3-8(12)16-7(9(6)13)4-15-10(14)5-1-2-5;2*1-2/h5-7H,1H2,2-4H3;5-9,11-13H,1-4H2;1-2H3;2H,1H3/t;6?,7?,8-,9?;;/m.0../s1. The van der Waals surface area contributed by atoms with E-state index in [-0.39, 0.29) is 24.9 Å². The second-order valence-electron chi connectivity index (χ2n) is 7.74. The molecule has 0 amide bonds. The second kappa shape index (κ2) is 16.8. The SMILES string of the molecule is C=Cc1cc(Cl)c(C)c(N=C(C)C)c1.CC.CO.O=C(OCC1O[C@H](O)CC(O)C1O)C1CC1. The van der Waals surface area contributed by atoms with E-state index in [1.807, 2.05) is 46.8 Å². The Labute approximate surface area is 207 Å². The Kier molecular flexibility index (Phi) is 15.9. The molecule has 0 radical (unpaired) electrons. The Balaban J connectivity index is 0.000000563. The highest BCUT2D eigenvalue weighted by Gasteiger charge is 2.38. The van der Waals surface area contributed by atoms with Gasteiger partial charge in [-0.2, -0.15) is 0 Å². The molecule has 0 spiro atoms. The summed E-state index contributed by atoms with van der Waals surface area (Å²) in [7, 11) is 1.00. The maximum atomic E-state index is 11.2. The van der Waals surface area contributed by atoms with Crippen LogP contribution in [0.25, 0.3) is 6.08 Å². The van der Waals surface area contributed by atoms with Gasteiger partial charge < -0.3 is 29.9 Å². The molecule has 1 saturated heterocycles. The number of esters is 1. The van der Waals surface area contributed by atoms with Gasteiger partial charge in [-0.15, -0.1) is 0 Å². The molecule has 4 N–H and O–H groups in total. The molecule has 9 heteroatoms. The van der Waals surface area contributed by atoms with Crippen molar-refractivity contribution in [1.82, 2.24) is 0 Å². The lowest BCUT2D eigenvalue weighted by molar-refractivity contribution is -0.242. The van der Waals surface area contributed by atoms with E-state index in [4.69, 9.17) is 26.2 Å². The monoisotopic (exact) mass is 501 g/mol. The van der Waals surface area contributed by atoms with Gasteiger partial charge >= 0.3 is 5.97 Å². The number of aliphatic hydroxyl groups is 4. The summed E-state index contributed by atoms with van der Waals surface area (Å²) in [6.45, 7) is 13.5. The van der Waals surface area contributed by atoms with E-state index in [0.717, 1.165) is 47.5 Å². The molecule has 1 saturated carbocycles. The number of carbonyl (C=O) groups excluding carboxylic acids is 1. The number of halogens is 1. The number of rotatable bonds is 5. The molecular formula is C25H40ClNO7. The molecule has 1 aromatic rings. The van der Waals surface area contributed by atoms with Crippen molar-refractivity contribution in [1.29, 1.82) is 0 Å². The highest BCUT2D eigenvalue weighted by Crippen LogP contribution is 2.30. The Hall–Kier alpha value is -1.81. The summed E-state index contributed by atoms with van der Waals surface area (Å²) in [4.78, 5) is 15.6. The van der Waals surface area contributed by atoms with Crippen molar-refractivity contribution in [3.8, 4) is 0 Å². The average molecular weight is 502 g/mol. The molecule has 1 heterocycles. The molecule has 0 bridgehead atoms. The smallest absolute Gasteiger partial charge is 0.309 e. The molecule has 1 aliphatic heterocycles. The van der Waals surface area contributed by atoms with Crippen LogP contribution in [0, 0.1) is 12.8 Å². The maximum Gasteiger partial charge on any atom is 0.309 e. The van der Waals surface area contributed by atoms with Crippen molar-refractivity contribution < 1.29 is 34.7 Å². The van der Waals surface area contributed by atoms with Crippen molar-refractivity contribution >= 4 is 35.0 Å². The first kappa shape index (κ1) is 32.2. The molecule has 3 unspecified atom stereocenters. The molecule has 1 aromatic carbocycles. The zero-order chi connectivity index (χ0) is 26.4. The Morgan fingerprint density at radius 1 is 1.24 bits per heavy atom. The third-order valence-electron chi connectivity index (χ3n) is 4.77. The van der Waals surface area contributed by atoms with Crippen LogP contribution in [0.4, 0.5) is 5.69 Å². The predicted octanol–water partition coefficient (Wildman–Crippen LogP) is 3.81. The van der Waals surface area contributed by atoms with Gasteiger partial charge in [0.25, 0.3) is 0 Å². The average Bonchev–Trinajstić information content (AvgIpc) is 3.66. The van der Waals surface area contributed by atoms with Crippen LogP contribution in [0.2, 0.25) is 5.02 Å². The van der Waals surface area contributed by atoms with Gasteiger partial charge in [0, 0.05) is 24.3 Å². The third kappa shape index (κ3) is 11.1. The number of hydrogen-bond acceptors (Lipinski definition) is 8. The highest BCUT2D eigenvalue weighted by molar-refractivity contribution is 6.31. The van der Waals surface area contributed by atoms with E-state index in [9.17, 15) is 20.1 Å². The first-order valence-corrected chi connectivity index (χ1v) is 11.8. The van der Waals surface area contributed by atoms with Crippen LogP contribution in [0.15, 0.2) is 23.7 Å². The Bertz CT molecular complexity index is 792. The van der Waals surface area contributed by atoms with Gasteiger partial charge in [0.2, 0.25) is 0 Å². The van der Waals surface area contributed by atoms with Crippen LogP contribution in [-0.4, -0.2) is 70.4 Å². The number of nitrogens with zero attached hydrogens (tertiary/aromatic N) is 1. The zero-order valence-corrected chi connectivity index (χ0v) is 21.7. The third-order valence-corrected chi connectivity index (χ3v) is 5.16. The minimum Gasteiger partial charge on any atom is -0.463 e. The summed E-state index contributed by atoms with van der Waals surface area (Å²) in [6.07, 6.45) is -0.729. The van der Waals surface area contributed by atoms with Gasteiger partial charge in [0.15, 0.2) is 6.29 Å². The number of aliphatic hydroxyl groups excluding tert-OH is 4. The lowest BCUT2D eigenvalue weighted by atomic mass is 10.0. The van der Waals surface area contributed by atoms with E-state index in [1.54, 1.807) is 6.08 Å². The summed E-state index contributed by atoms with van der Waals surface area (Å²) in [6, 6.07) is 3.88. The van der Waals surface area contributed by atoms with Crippen LogP contribution < -0.4 is 0 Å². The first-order valence-electron chi connectivity index (χ1n) is 11.4. The summed E-state index contributed by atoms with van der Waals surface area (Å²) in [5, 5.41) is 35.9. The van der Waals surface area contributed by atoms with Gasteiger partial charge in [0.05, 0.1) is 17.7 Å². The lowest BCUT2D eigenvalue weighted by Gasteiger charge is -2.34. The molecule has 4 atom stereocenters. The highest BCUT2D eigenvalue weighted by atomic mass is 35.5. The minimum atomic E-state index is -1.13. The largest absolute Gasteiger partial charge is 0.463 e. The van der Waals surface area contributed by atoms with Crippen molar-refractivity contribution in [2.75, 3.05) is 13.7 Å². The van der Waals surface area contributed by atoms with Crippen LogP contribution in [0.5, 0.6) is 0 Å². The molecule has 3 rings (SSSR count). The van der Waals surface area contributed by atoms with Crippen molar-refractivity contribution in [3.63, 3.8) is 0 Å². The quantitative estimate of drug-likeness (QED) is 0.356. The summed E-state index contributed by atoms with van der Waals surface area (Å²) in [5.41, 5.74) is 3.96. The fourth-order valence-electron chi connectivity index (χ4n) is 2.83. The molecule has 34 heavy (non-hydrogen) atoms. The molecule has 2 fully saturated rings. The molecular weight excluding hydrogens is 462 g/mol. The van der Waals surface area contributed by atoms with E-state index in [0.29, 0.717) is 0 Å². The fraction of sp³-hybridized carbons (Fsp3) is 0.600. The summed E-state index contributed by atoms with van der Waals surface area (Å²) < 4.78 is 9.91. The number of hydrogen-bond donors (Lipinski definition) is 4. The lowest BCUT2D eigenvalue weighted by Crippen LogP contribution is -2.50. The first-order chi connectivity index (χ1) is 16.1. The number of carbonyl (C=O) groups is 1. The van der Waals surface area contributed by atoms with Crippen molar-refractivity contribution in [2.45, 2.75) is 78.5 Å². The summed E-state index contributed by atoms with van der Waals surface area (Å²) >= 11 is 6.06. The van der Waals surface area contributed by atoms with Crippen molar-refractivity contribution in [3.05, 3.63) is 34.9 Å². The zero-order valence-electron chi connectivity index (χ0n) is 21.0. The van der Waals surface area contributed by atoms with Crippen LogP contribution in [-0.2, 0) is 14.3 Å². The van der Waals surface area contributed by atoms with E-state index < -0.39 is 24.6 Å². The van der Waals surface area contributed by atoms with E-state index in [2.05, 4.69) is 11.6 Å². The topological polar surface area (TPSA) is 129 Å². The minimum absolute atomic E-state index is 0.0180. The number of aliphatic imine (C=N–C) groups is 1. The van der Waals surface area contributed by atoms with Crippen LogP contribution in [0.3, 0.4) is 0 Å².